The molecule has 0 heterocycles. The lowest BCUT2D eigenvalue weighted by molar-refractivity contribution is -0.121. The highest BCUT2D eigenvalue weighted by atomic mass is 35.5. The van der Waals surface area contributed by atoms with Crippen LogP contribution in [0.3, 0.4) is 0 Å². The molecule has 2 nitrogen and oxygen atoms in total. The molecule has 1 unspecified atom stereocenters. The molecule has 4 heteroatoms. The summed E-state index contributed by atoms with van der Waals surface area (Å²) in [4.78, 5) is 11.3. The summed E-state index contributed by atoms with van der Waals surface area (Å²) in [6.07, 6.45) is 0.845. The number of ketones is 1. The van der Waals surface area contributed by atoms with E-state index in [2.05, 4.69) is 0 Å². The third kappa shape index (κ3) is 3.58. The number of hydrogen-bond donors (Lipinski definition) is 1. The Morgan fingerprint density at radius 2 is 2.25 bits per heavy atom. The number of benzene rings is 1. The summed E-state index contributed by atoms with van der Waals surface area (Å²) < 4.78 is 12.8. The van der Waals surface area contributed by atoms with Crippen LogP contribution in [-0.2, 0) is 11.2 Å². The Kier molecular flexibility index (Phi) is 4.90. The molecule has 88 valence electrons. The number of Topliss-reactive ketones (excluding diaryl/α,β-unsaturated/α-hetero) is 1. The van der Waals surface area contributed by atoms with Crippen molar-refractivity contribution in [2.75, 3.05) is 6.61 Å². The first-order valence-corrected chi connectivity index (χ1v) is 5.47. The van der Waals surface area contributed by atoms with Gasteiger partial charge in [0, 0.05) is 17.5 Å². The molecule has 1 N–H and O–H groups in total. The molecular weight excluding hydrogens is 231 g/mol. The van der Waals surface area contributed by atoms with E-state index in [9.17, 15) is 9.18 Å². The van der Waals surface area contributed by atoms with Crippen LogP contribution < -0.4 is 0 Å². The van der Waals surface area contributed by atoms with Crippen LogP contribution in [0, 0.1) is 11.7 Å². The zero-order valence-electron chi connectivity index (χ0n) is 9.04. The fraction of sp³-hybridized carbons (Fsp3) is 0.417. The van der Waals surface area contributed by atoms with Gasteiger partial charge in [0.1, 0.15) is 11.6 Å². The van der Waals surface area contributed by atoms with Gasteiger partial charge in [0.15, 0.2) is 0 Å². The second-order valence-corrected chi connectivity index (χ2v) is 4.17. The summed E-state index contributed by atoms with van der Waals surface area (Å²) in [6.45, 7) is 1.45. The quantitative estimate of drug-likeness (QED) is 0.865. The van der Waals surface area contributed by atoms with Crippen LogP contribution in [0.15, 0.2) is 18.2 Å². The molecule has 16 heavy (non-hydrogen) atoms. The highest BCUT2D eigenvalue weighted by Gasteiger charge is 2.16. The van der Waals surface area contributed by atoms with Crippen molar-refractivity contribution >= 4 is 17.4 Å². The number of carbonyl (C=O) groups excluding carboxylic acids is 1. The average molecular weight is 245 g/mol. The molecule has 0 radical (unpaired) electrons. The molecule has 0 amide bonds. The lowest BCUT2D eigenvalue weighted by atomic mass is 9.93. The van der Waals surface area contributed by atoms with Crippen LogP contribution in [0.5, 0.6) is 0 Å². The van der Waals surface area contributed by atoms with E-state index in [-0.39, 0.29) is 18.3 Å². The van der Waals surface area contributed by atoms with Gasteiger partial charge in [-0.15, -0.1) is 0 Å². The highest BCUT2D eigenvalue weighted by molar-refractivity contribution is 6.31. The second kappa shape index (κ2) is 5.97. The molecule has 0 fully saturated rings. The smallest absolute Gasteiger partial charge is 0.133 e. The van der Waals surface area contributed by atoms with Gasteiger partial charge in [-0.25, -0.2) is 4.39 Å². The lowest BCUT2D eigenvalue weighted by Crippen LogP contribution is -2.15. The van der Waals surface area contributed by atoms with Crippen LogP contribution in [0.1, 0.15) is 18.9 Å². The lowest BCUT2D eigenvalue weighted by Gasteiger charge is -2.13. The van der Waals surface area contributed by atoms with E-state index in [1.54, 1.807) is 6.07 Å². The summed E-state index contributed by atoms with van der Waals surface area (Å²) in [5.74, 6) is -0.641. The van der Waals surface area contributed by atoms with Crippen LogP contribution in [0.2, 0.25) is 5.02 Å². The molecule has 0 bridgehead atoms. The largest absolute Gasteiger partial charge is 0.396 e. The molecule has 0 aromatic heterocycles. The third-order valence-corrected chi connectivity index (χ3v) is 2.89. The minimum Gasteiger partial charge on any atom is -0.396 e. The standard InChI is InChI=1S/C12H14ClFO2/c1-8(16)9(4-5-15)6-10-2-3-11(14)7-12(10)13/h2-3,7,9,15H,4-6H2,1H3. The van der Waals surface area contributed by atoms with Gasteiger partial charge in [-0.1, -0.05) is 17.7 Å². The Bertz CT molecular complexity index is 379. The Morgan fingerprint density at radius 1 is 1.56 bits per heavy atom. The zero-order valence-corrected chi connectivity index (χ0v) is 9.80. The van der Waals surface area contributed by atoms with Gasteiger partial charge in [-0.05, 0) is 37.5 Å². The molecule has 1 aromatic rings. The number of aliphatic hydroxyl groups excluding tert-OH is 1. The van der Waals surface area contributed by atoms with Gasteiger partial charge in [-0.2, -0.15) is 0 Å². The van der Waals surface area contributed by atoms with Gasteiger partial charge < -0.3 is 5.11 Å². The van der Waals surface area contributed by atoms with Gasteiger partial charge in [0.05, 0.1) is 0 Å². The molecule has 0 aliphatic carbocycles. The predicted molar refractivity (Wildman–Crippen MR) is 61.0 cm³/mol. The van der Waals surface area contributed by atoms with E-state index >= 15 is 0 Å². The first-order chi connectivity index (χ1) is 7.54. The molecule has 0 spiro atoms. The van der Waals surface area contributed by atoms with Crippen LogP contribution in [0.25, 0.3) is 0 Å². The minimum absolute atomic E-state index is 0.00874. The van der Waals surface area contributed by atoms with E-state index in [4.69, 9.17) is 16.7 Å². The third-order valence-electron chi connectivity index (χ3n) is 2.53. The topological polar surface area (TPSA) is 37.3 Å². The fourth-order valence-electron chi connectivity index (χ4n) is 1.56. The molecular formula is C12H14ClFO2. The van der Waals surface area contributed by atoms with Crippen molar-refractivity contribution in [1.82, 2.24) is 0 Å². The summed E-state index contributed by atoms with van der Waals surface area (Å²) in [5, 5.41) is 9.16. The number of rotatable bonds is 5. The van der Waals surface area contributed by atoms with Crippen molar-refractivity contribution < 1.29 is 14.3 Å². The summed E-state index contributed by atoms with van der Waals surface area (Å²) >= 11 is 5.86. The van der Waals surface area contributed by atoms with Crippen molar-refractivity contribution in [2.45, 2.75) is 19.8 Å². The van der Waals surface area contributed by atoms with E-state index in [1.807, 2.05) is 0 Å². The monoisotopic (exact) mass is 244 g/mol. The van der Waals surface area contributed by atoms with E-state index in [1.165, 1.54) is 19.1 Å². The zero-order chi connectivity index (χ0) is 12.1. The van der Waals surface area contributed by atoms with Gasteiger partial charge in [0.2, 0.25) is 0 Å². The number of hydrogen-bond acceptors (Lipinski definition) is 2. The van der Waals surface area contributed by atoms with Crippen molar-refractivity contribution in [3.63, 3.8) is 0 Å². The number of aliphatic hydroxyl groups is 1. The maximum absolute atomic E-state index is 12.8. The minimum atomic E-state index is -0.393. The summed E-state index contributed by atoms with van der Waals surface area (Å²) in [5.41, 5.74) is 0.733. The molecule has 0 saturated heterocycles. The van der Waals surface area contributed by atoms with Crippen molar-refractivity contribution in [3.05, 3.63) is 34.6 Å². The van der Waals surface area contributed by atoms with E-state index < -0.39 is 5.82 Å². The molecule has 0 aliphatic rings. The second-order valence-electron chi connectivity index (χ2n) is 3.76. The molecule has 1 atom stereocenters. The first-order valence-electron chi connectivity index (χ1n) is 5.10. The highest BCUT2D eigenvalue weighted by Crippen LogP contribution is 2.22. The molecule has 0 saturated carbocycles. The Labute approximate surface area is 99.0 Å². The van der Waals surface area contributed by atoms with Crippen molar-refractivity contribution in [2.24, 2.45) is 5.92 Å². The Hall–Kier alpha value is -0.930. The van der Waals surface area contributed by atoms with Gasteiger partial charge in [0.25, 0.3) is 0 Å². The maximum atomic E-state index is 12.8. The molecule has 1 aromatic carbocycles. The van der Waals surface area contributed by atoms with Crippen molar-refractivity contribution in [3.8, 4) is 0 Å². The molecule has 1 rings (SSSR count). The SMILES string of the molecule is CC(=O)C(CCO)Cc1ccc(F)cc1Cl. The average Bonchev–Trinajstić information content (AvgIpc) is 2.20. The van der Waals surface area contributed by atoms with E-state index in [0.717, 1.165) is 5.56 Å². The predicted octanol–water partition coefficient (Wildman–Crippen LogP) is 2.61. The van der Waals surface area contributed by atoms with Crippen LogP contribution in [-0.4, -0.2) is 17.5 Å². The van der Waals surface area contributed by atoms with Crippen LogP contribution in [0.4, 0.5) is 4.39 Å². The Balaban J connectivity index is 2.81. The number of carbonyl (C=O) groups is 1. The van der Waals surface area contributed by atoms with Gasteiger partial charge >= 0.3 is 0 Å². The fourth-order valence-corrected chi connectivity index (χ4v) is 1.80. The maximum Gasteiger partial charge on any atom is 0.133 e. The normalized spacial score (nSPS) is 12.5. The number of halogens is 2. The summed E-state index contributed by atoms with van der Waals surface area (Å²) in [7, 11) is 0. The summed E-state index contributed by atoms with van der Waals surface area (Å²) in [6, 6.07) is 4.12. The molecule has 0 aliphatic heterocycles. The first kappa shape index (κ1) is 13.1. The van der Waals surface area contributed by atoms with E-state index in [0.29, 0.717) is 17.9 Å². The van der Waals surface area contributed by atoms with Gasteiger partial charge in [-0.3, -0.25) is 4.79 Å². The van der Waals surface area contributed by atoms with Crippen LogP contribution >= 0.6 is 11.6 Å². The van der Waals surface area contributed by atoms with Crippen molar-refractivity contribution in [1.29, 1.82) is 0 Å². The Morgan fingerprint density at radius 3 is 2.75 bits per heavy atom.